The third-order valence-electron chi connectivity index (χ3n) is 7.34. The third kappa shape index (κ3) is 6.78. The number of thioether (sulfide) groups is 1. The van der Waals surface area contributed by atoms with Gasteiger partial charge in [0.1, 0.15) is 12.1 Å². The number of alkyl halides is 3. The maximum Gasteiger partial charge on any atom is 0.501 e. The van der Waals surface area contributed by atoms with E-state index in [4.69, 9.17) is 0 Å². The molecule has 48 heavy (non-hydrogen) atoms. The molecule has 0 unspecified atom stereocenters. The molecular weight excluding hydrogens is 675 g/mol. The number of amidine groups is 1. The van der Waals surface area contributed by atoms with E-state index in [1.807, 2.05) is 13.8 Å². The van der Waals surface area contributed by atoms with Gasteiger partial charge in [-0.1, -0.05) is 25.6 Å². The van der Waals surface area contributed by atoms with Crippen LogP contribution in [0.2, 0.25) is 0 Å². The minimum absolute atomic E-state index is 0.0580. The van der Waals surface area contributed by atoms with E-state index in [0.29, 0.717) is 28.1 Å². The molecule has 0 atom stereocenters. The zero-order chi connectivity index (χ0) is 35.1. The molecule has 0 radical (unpaired) electrons. The lowest BCUT2D eigenvalue weighted by Crippen LogP contribution is -2.31. The van der Waals surface area contributed by atoms with Gasteiger partial charge < -0.3 is 10.2 Å². The van der Waals surface area contributed by atoms with E-state index in [-0.39, 0.29) is 39.9 Å². The van der Waals surface area contributed by atoms with Crippen LogP contribution < -0.4 is 15.1 Å². The Hall–Kier alpha value is -4.77. The molecule has 1 fully saturated rings. The smallest absolute Gasteiger partial charge is 0.375 e. The molecule has 1 saturated heterocycles. The van der Waals surface area contributed by atoms with Crippen LogP contribution in [0.1, 0.15) is 30.9 Å². The number of nitrogens with one attached hydrogen (secondary N) is 1. The van der Waals surface area contributed by atoms with Gasteiger partial charge in [-0.15, -0.1) is 5.10 Å². The minimum atomic E-state index is -5.48. The van der Waals surface area contributed by atoms with Crippen LogP contribution >= 0.6 is 11.8 Å². The van der Waals surface area contributed by atoms with Crippen molar-refractivity contribution < 1.29 is 35.6 Å². The number of rotatable bonds is 7. The van der Waals surface area contributed by atoms with Gasteiger partial charge >= 0.3 is 11.5 Å². The number of aliphatic imine (C=N–C) groups is 1. The number of hydrogen-bond donors (Lipinski definition) is 1. The fourth-order valence-electron chi connectivity index (χ4n) is 4.85. The lowest BCUT2D eigenvalue weighted by Gasteiger charge is -2.24. The second-order valence-corrected chi connectivity index (χ2v) is 14.1. The van der Waals surface area contributed by atoms with Gasteiger partial charge in [-0.2, -0.15) is 18.2 Å². The molecule has 1 N–H and O–H groups in total. The number of aromatic nitrogens is 3. The van der Waals surface area contributed by atoms with Crippen LogP contribution in [-0.2, 0) is 14.6 Å². The lowest BCUT2D eigenvalue weighted by molar-refractivity contribution is -0.115. The first-order chi connectivity index (χ1) is 22.5. The van der Waals surface area contributed by atoms with E-state index in [0.717, 1.165) is 23.9 Å². The van der Waals surface area contributed by atoms with Crippen molar-refractivity contribution in [3.05, 3.63) is 77.9 Å². The van der Waals surface area contributed by atoms with E-state index in [1.165, 1.54) is 34.1 Å². The topological polar surface area (TPSA) is 130 Å². The number of carbonyl (C=O) groups excluding carboxylic acids is 2. The first kappa shape index (κ1) is 34.6. The molecule has 3 aromatic carbocycles. The molecule has 0 saturated carbocycles. The van der Waals surface area contributed by atoms with Crippen LogP contribution in [0.4, 0.5) is 39.4 Å². The SMILES string of the molecule is Cc1cc(-c2ncn(-c3ccc(S(=O)(=O)C(F)(F)F)cc3)n2)ccc1NC(=O)/N=C1\SCC(=O)N1c1cc(N(C)C)c(F)cc1C(C)C. The highest BCUT2D eigenvalue weighted by Gasteiger charge is 2.46. The van der Waals surface area contributed by atoms with E-state index in [1.54, 1.807) is 50.2 Å². The Balaban J connectivity index is 1.34. The predicted octanol–water partition coefficient (Wildman–Crippen LogP) is 6.53. The Bertz CT molecular complexity index is 2040. The standard InChI is InChI=1S/C31H29F4N7O4S2/c1-17(2)22-13-23(32)26(40(4)5)14-25(22)42-27(43)15-47-30(42)38-29(44)37-24-11-6-19(12-18(24)3)28-36-16-41(39-28)20-7-9-21(10-8-20)48(45,46)31(33,34)35/h6-14,16-17H,15H2,1-5H3,(H,37,44)/b38-30-. The normalized spacial score (nSPS) is 14.7. The maximum atomic E-state index is 14.8. The van der Waals surface area contributed by atoms with E-state index >= 15 is 0 Å². The first-order valence-corrected chi connectivity index (χ1v) is 16.8. The number of hydrogen-bond acceptors (Lipinski definition) is 8. The summed E-state index contributed by atoms with van der Waals surface area (Å²) in [4.78, 5) is 36.5. The number of nitrogens with zero attached hydrogens (tertiary/aromatic N) is 6. The Morgan fingerprint density at radius 3 is 2.38 bits per heavy atom. The van der Waals surface area contributed by atoms with Crippen LogP contribution in [0.25, 0.3) is 17.1 Å². The quantitative estimate of drug-likeness (QED) is 0.215. The maximum absolute atomic E-state index is 14.8. The molecule has 1 aliphatic rings. The van der Waals surface area contributed by atoms with Crippen molar-refractivity contribution >= 4 is 55.8 Å². The zero-order valence-corrected chi connectivity index (χ0v) is 27.8. The summed E-state index contributed by atoms with van der Waals surface area (Å²) in [5, 5.41) is 7.21. The first-order valence-electron chi connectivity index (χ1n) is 14.3. The summed E-state index contributed by atoms with van der Waals surface area (Å²) in [6.45, 7) is 5.49. The Morgan fingerprint density at radius 2 is 1.77 bits per heavy atom. The van der Waals surface area contributed by atoms with Crippen molar-refractivity contribution in [1.82, 2.24) is 14.8 Å². The molecule has 0 aliphatic carbocycles. The van der Waals surface area contributed by atoms with E-state index < -0.39 is 32.1 Å². The van der Waals surface area contributed by atoms with Gasteiger partial charge in [0.15, 0.2) is 11.0 Å². The van der Waals surface area contributed by atoms with Crippen molar-refractivity contribution in [3.63, 3.8) is 0 Å². The monoisotopic (exact) mass is 703 g/mol. The largest absolute Gasteiger partial charge is 0.501 e. The fourth-order valence-corrected chi connectivity index (χ4v) is 6.47. The Morgan fingerprint density at radius 1 is 1.08 bits per heavy atom. The van der Waals surface area contributed by atoms with Crippen molar-refractivity contribution in [2.45, 2.75) is 37.1 Å². The fraction of sp³-hybridized carbons (Fsp3) is 0.258. The van der Waals surface area contributed by atoms with Crippen LogP contribution in [0, 0.1) is 12.7 Å². The van der Waals surface area contributed by atoms with Gasteiger partial charge in [0.25, 0.3) is 9.84 Å². The van der Waals surface area contributed by atoms with Gasteiger partial charge in [-0.3, -0.25) is 9.69 Å². The molecule has 1 aromatic heterocycles. The molecule has 2 heterocycles. The zero-order valence-electron chi connectivity index (χ0n) is 26.2. The highest BCUT2D eigenvalue weighted by molar-refractivity contribution is 8.15. The van der Waals surface area contributed by atoms with Crippen molar-refractivity contribution in [2.75, 3.05) is 35.0 Å². The summed E-state index contributed by atoms with van der Waals surface area (Å²) >= 11 is 1.10. The van der Waals surface area contributed by atoms with Crippen LogP contribution in [0.3, 0.4) is 0 Å². The Labute approximate surface area is 277 Å². The van der Waals surface area contributed by atoms with Crippen LogP contribution in [0.15, 0.2) is 70.8 Å². The lowest BCUT2D eigenvalue weighted by atomic mass is 9.99. The summed E-state index contributed by atoms with van der Waals surface area (Å²) in [6, 6.07) is 11.3. The number of aryl methyl sites for hydroxylation is 1. The summed E-state index contributed by atoms with van der Waals surface area (Å²) in [6.07, 6.45) is 1.32. The number of halogens is 4. The number of carbonyl (C=O) groups is 2. The molecule has 0 spiro atoms. The second kappa shape index (κ2) is 13.0. The van der Waals surface area contributed by atoms with E-state index in [2.05, 4.69) is 20.4 Å². The van der Waals surface area contributed by atoms with Gasteiger partial charge in [0.05, 0.1) is 27.7 Å². The van der Waals surface area contributed by atoms with Crippen molar-refractivity contribution in [1.29, 1.82) is 0 Å². The highest BCUT2D eigenvalue weighted by atomic mass is 32.2. The third-order valence-corrected chi connectivity index (χ3v) is 9.76. The molecule has 3 amide bonds. The van der Waals surface area contributed by atoms with Crippen molar-refractivity contribution in [2.24, 2.45) is 4.99 Å². The molecule has 5 rings (SSSR count). The number of anilines is 3. The number of sulfone groups is 1. The van der Waals surface area contributed by atoms with Gasteiger partial charge in [-0.05, 0) is 78.6 Å². The predicted molar refractivity (Wildman–Crippen MR) is 176 cm³/mol. The number of benzene rings is 3. The van der Waals surface area contributed by atoms with Gasteiger partial charge in [0.2, 0.25) is 5.91 Å². The summed E-state index contributed by atoms with van der Waals surface area (Å²) in [5.41, 5.74) is -2.19. The number of urea groups is 1. The second-order valence-electron chi connectivity index (χ2n) is 11.2. The molecule has 1 aliphatic heterocycles. The molecule has 11 nitrogen and oxygen atoms in total. The van der Waals surface area contributed by atoms with E-state index in [9.17, 15) is 35.6 Å². The molecule has 4 aromatic rings. The minimum Gasteiger partial charge on any atom is -0.375 e. The van der Waals surface area contributed by atoms with Crippen molar-refractivity contribution in [3.8, 4) is 17.1 Å². The molecule has 17 heteroatoms. The summed E-state index contributed by atoms with van der Waals surface area (Å²) < 4.78 is 77.9. The average Bonchev–Trinajstić information content (AvgIpc) is 3.64. The van der Waals surface area contributed by atoms with Crippen LogP contribution in [-0.4, -0.2) is 65.6 Å². The van der Waals surface area contributed by atoms with Gasteiger partial charge in [-0.25, -0.2) is 27.3 Å². The number of amides is 3. The van der Waals surface area contributed by atoms with Crippen LogP contribution in [0.5, 0.6) is 0 Å². The highest BCUT2D eigenvalue weighted by Crippen LogP contribution is 2.38. The average molecular weight is 704 g/mol. The summed E-state index contributed by atoms with van der Waals surface area (Å²) in [7, 11) is -2.10. The van der Waals surface area contributed by atoms with Gasteiger partial charge in [0, 0.05) is 25.3 Å². The molecule has 252 valence electrons. The molecular formula is C31H29F4N7O4S2. The molecule has 0 bridgehead atoms. The Kier molecular flexibility index (Phi) is 9.38. The summed E-state index contributed by atoms with van der Waals surface area (Å²) in [5.74, 6) is -0.525.